The molecule has 0 fully saturated rings. The van der Waals surface area contributed by atoms with Gasteiger partial charge in [-0.1, -0.05) is 12.1 Å². The van der Waals surface area contributed by atoms with Crippen molar-refractivity contribution in [3.8, 4) is 0 Å². The van der Waals surface area contributed by atoms with Gasteiger partial charge in [-0.3, -0.25) is 0 Å². The van der Waals surface area contributed by atoms with Gasteiger partial charge in [-0.05, 0) is 26.0 Å². The highest BCUT2D eigenvalue weighted by atomic mass is 16.5. The number of aromatic nitrogens is 1. The number of hydrogen-bond donors (Lipinski definition) is 3. The van der Waals surface area contributed by atoms with Gasteiger partial charge in [0.25, 0.3) is 0 Å². The lowest BCUT2D eigenvalue weighted by Gasteiger charge is -2.17. The Kier molecular flexibility index (Phi) is 5.21. The maximum atomic E-state index is 12.0. The molecule has 2 atom stereocenters. The van der Waals surface area contributed by atoms with Gasteiger partial charge in [0, 0.05) is 18.9 Å². The molecule has 3 N–H and O–H groups in total. The van der Waals surface area contributed by atoms with Gasteiger partial charge in [0.05, 0.1) is 6.26 Å². The summed E-state index contributed by atoms with van der Waals surface area (Å²) in [6, 6.07) is 2.82. The van der Waals surface area contributed by atoms with E-state index in [9.17, 15) is 9.90 Å². The lowest BCUT2D eigenvalue weighted by Crippen LogP contribution is -2.37. The second kappa shape index (κ2) is 7.13. The molecule has 120 valence electrons. The highest BCUT2D eigenvalue weighted by Gasteiger charge is 2.18. The average Bonchev–Trinajstić information content (AvgIpc) is 3.09. The molecule has 0 spiro atoms. The highest BCUT2D eigenvalue weighted by molar-refractivity contribution is 5.90. The van der Waals surface area contributed by atoms with E-state index in [4.69, 9.17) is 8.94 Å². The lowest BCUT2D eigenvalue weighted by atomic mass is 10.1. The fraction of sp³-hybridized carbons (Fsp3) is 0.467. The van der Waals surface area contributed by atoms with E-state index in [1.165, 1.54) is 6.26 Å². The summed E-state index contributed by atoms with van der Waals surface area (Å²) in [4.78, 5) is 12.0. The molecule has 0 aliphatic rings. The molecule has 2 aromatic heterocycles. The molecule has 0 saturated heterocycles. The Morgan fingerprint density at radius 2 is 2.27 bits per heavy atom. The zero-order valence-electron chi connectivity index (χ0n) is 12.9. The van der Waals surface area contributed by atoms with Crippen LogP contribution in [0.25, 0.3) is 0 Å². The first-order valence-corrected chi connectivity index (χ1v) is 7.25. The molecule has 0 aliphatic carbocycles. The van der Waals surface area contributed by atoms with E-state index in [1.807, 2.05) is 13.8 Å². The number of rotatable bonds is 6. The SMILES string of the molecule is CCc1onc(C)c1NC(=O)NC(C)CC(O)c1ccco1. The lowest BCUT2D eigenvalue weighted by molar-refractivity contribution is 0.130. The Hall–Kier alpha value is -2.28. The van der Waals surface area contributed by atoms with Gasteiger partial charge in [-0.15, -0.1) is 0 Å². The van der Waals surface area contributed by atoms with Crippen LogP contribution < -0.4 is 10.6 Å². The molecule has 0 saturated carbocycles. The number of anilines is 1. The van der Waals surface area contributed by atoms with Crippen molar-refractivity contribution in [1.29, 1.82) is 0 Å². The largest absolute Gasteiger partial charge is 0.467 e. The molecule has 22 heavy (non-hydrogen) atoms. The van der Waals surface area contributed by atoms with Crippen molar-refractivity contribution < 1.29 is 18.8 Å². The molecule has 2 heterocycles. The second-order valence-electron chi connectivity index (χ2n) is 5.19. The molecule has 0 aliphatic heterocycles. The molecule has 0 bridgehead atoms. The van der Waals surface area contributed by atoms with E-state index in [0.717, 1.165) is 0 Å². The number of aliphatic hydroxyl groups is 1. The van der Waals surface area contributed by atoms with E-state index >= 15 is 0 Å². The predicted octanol–water partition coefficient (Wildman–Crippen LogP) is 2.77. The molecule has 2 rings (SSSR count). The normalized spacial score (nSPS) is 13.6. The van der Waals surface area contributed by atoms with Gasteiger partial charge in [0.15, 0.2) is 5.76 Å². The molecule has 2 unspecified atom stereocenters. The Bertz CT molecular complexity index is 606. The maximum absolute atomic E-state index is 12.0. The summed E-state index contributed by atoms with van der Waals surface area (Å²) in [6.07, 6.45) is 1.74. The van der Waals surface area contributed by atoms with Crippen molar-refractivity contribution in [2.45, 2.75) is 45.8 Å². The van der Waals surface area contributed by atoms with Crippen molar-refractivity contribution >= 4 is 11.7 Å². The fourth-order valence-electron chi connectivity index (χ4n) is 2.18. The number of carbonyl (C=O) groups excluding carboxylic acids is 1. The van der Waals surface area contributed by atoms with Crippen LogP contribution in [0.2, 0.25) is 0 Å². The number of hydrogen-bond acceptors (Lipinski definition) is 5. The standard InChI is InChI=1S/C15H21N3O4/c1-4-12-14(10(3)18-22-12)17-15(20)16-9(2)8-11(19)13-6-5-7-21-13/h5-7,9,11,19H,4,8H2,1-3H3,(H2,16,17,20). The minimum absolute atomic E-state index is 0.231. The highest BCUT2D eigenvalue weighted by Crippen LogP contribution is 2.21. The summed E-state index contributed by atoms with van der Waals surface area (Å²) in [6.45, 7) is 5.50. The molecular formula is C15H21N3O4. The second-order valence-corrected chi connectivity index (χ2v) is 5.19. The topological polar surface area (TPSA) is 101 Å². The van der Waals surface area contributed by atoms with E-state index in [2.05, 4.69) is 15.8 Å². The van der Waals surface area contributed by atoms with Crippen LogP contribution in [0.5, 0.6) is 0 Å². The fourth-order valence-corrected chi connectivity index (χ4v) is 2.18. The number of nitrogens with zero attached hydrogens (tertiary/aromatic N) is 1. The van der Waals surface area contributed by atoms with Crippen LogP contribution >= 0.6 is 0 Å². The zero-order valence-corrected chi connectivity index (χ0v) is 12.9. The summed E-state index contributed by atoms with van der Waals surface area (Å²) in [5.41, 5.74) is 1.23. The van der Waals surface area contributed by atoms with Crippen LogP contribution in [0.15, 0.2) is 27.3 Å². The van der Waals surface area contributed by atoms with E-state index < -0.39 is 6.10 Å². The molecular weight excluding hydrogens is 286 g/mol. The summed E-state index contributed by atoms with van der Waals surface area (Å²) < 4.78 is 10.3. The van der Waals surface area contributed by atoms with E-state index in [0.29, 0.717) is 35.7 Å². The maximum Gasteiger partial charge on any atom is 0.319 e. The van der Waals surface area contributed by atoms with E-state index in [1.54, 1.807) is 19.1 Å². The molecule has 2 aromatic rings. The van der Waals surface area contributed by atoms with Crippen molar-refractivity contribution in [1.82, 2.24) is 10.5 Å². The van der Waals surface area contributed by atoms with Crippen molar-refractivity contribution in [3.63, 3.8) is 0 Å². The van der Waals surface area contributed by atoms with Gasteiger partial charge in [0.2, 0.25) is 0 Å². The number of nitrogens with one attached hydrogen (secondary N) is 2. The monoisotopic (exact) mass is 307 g/mol. The number of urea groups is 1. The number of aryl methyl sites for hydroxylation is 2. The van der Waals surface area contributed by atoms with Gasteiger partial charge in [0.1, 0.15) is 23.2 Å². The summed E-state index contributed by atoms with van der Waals surface area (Å²) >= 11 is 0. The minimum Gasteiger partial charge on any atom is -0.467 e. The number of amides is 2. The zero-order chi connectivity index (χ0) is 16.1. The Labute approximate surface area is 128 Å². The molecule has 0 radical (unpaired) electrons. The third-order valence-corrected chi connectivity index (χ3v) is 3.32. The Morgan fingerprint density at radius 1 is 1.50 bits per heavy atom. The molecule has 7 heteroatoms. The van der Waals surface area contributed by atoms with Crippen LogP contribution in [0.3, 0.4) is 0 Å². The summed E-state index contributed by atoms with van der Waals surface area (Å²) in [7, 11) is 0. The van der Waals surface area contributed by atoms with Crippen molar-refractivity contribution in [2.75, 3.05) is 5.32 Å². The Morgan fingerprint density at radius 3 is 2.91 bits per heavy atom. The molecule has 7 nitrogen and oxygen atoms in total. The van der Waals surface area contributed by atoms with Crippen LogP contribution in [-0.2, 0) is 6.42 Å². The third kappa shape index (κ3) is 3.88. The molecule has 0 aromatic carbocycles. The Balaban J connectivity index is 1.87. The first-order valence-electron chi connectivity index (χ1n) is 7.25. The summed E-state index contributed by atoms with van der Waals surface area (Å²) in [5.74, 6) is 1.12. The smallest absolute Gasteiger partial charge is 0.319 e. The number of aliphatic hydroxyl groups excluding tert-OH is 1. The number of furan rings is 1. The summed E-state index contributed by atoms with van der Waals surface area (Å²) in [5, 5.41) is 19.3. The quantitative estimate of drug-likeness (QED) is 0.762. The van der Waals surface area contributed by atoms with Crippen LogP contribution in [-0.4, -0.2) is 22.3 Å². The van der Waals surface area contributed by atoms with Crippen LogP contribution in [0.1, 0.15) is 43.6 Å². The van der Waals surface area contributed by atoms with Crippen LogP contribution in [0, 0.1) is 6.92 Å². The van der Waals surface area contributed by atoms with Gasteiger partial charge in [-0.2, -0.15) is 0 Å². The van der Waals surface area contributed by atoms with Crippen LogP contribution in [0.4, 0.5) is 10.5 Å². The number of carbonyl (C=O) groups is 1. The first kappa shape index (κ1) is 16.1. The van der Waals surface area contributed by atoms with Gasteiger partial charge >= 0.3 is 6.03 Å². The first-order chi connectivity index (χ1) is 10.5. The van der Waals surface area contributed by atoms with E-state index in [-0.39, 0.29) is 12.1 Å². The predicted molar refractivity (Wildman–Crippen MR) is 80.5 cm³/mol. The molecule has 2 amide bonds. The van der Waals surface area contributed by atoms with Gasteiger partial charge < -0.3 is 24.7 Å². The van der Waals surface area contributed by atoms with Crippen molar-refractivity contribution in [3.05, 3.63) is 35.6 Å². The average molecular weight is 307 g/mol. The third-order valence-electron chi connectivity index (χ3n) is 3.32. The van der Waals surface area contributed by atoms with Gasteiger partial charge in [-0.25, -0.2) is 4.79 Å². The minimum atomic E-state index is -0.756. The van der Waals surface area contributed by atoms with Crippen molar-refractivity contribution in [2.24, 2.45) is 0 Å².